The summed E-state index contributed by atoms with van der Waals surface area (Å²) in [7, 11) is 0. The zero-order chi connectivity index (χ0) is 14.2. The number of amides is 1. The van der Waals surface area contributed by atoms with E-state index in [2.05, 4.69) is 10.3 Å². The molecule has 2 aliphatic rings. The van der Waals surface area contributed by atoms with Crippen molar-refractivity contribution >= 4 is 11.9 Å². The maximum Gasteiger partial charge on any atom is 0.328 e. The first kappa shape index (κ1) is 13.1. The highest BCUT2D eigenvalue weighted by molar-refractivity contribution is 5.93. The third-order valence-electron chi connectivity index (χ3n) is 4.20. The van der Waals surface area contributed by atoms with Crippen molar-refractivity contribution in [1.82, 2.24) is 10.3 Å². The van der Waals surface area contributed by atoms with E-state index in [4.69, 9.17) is 4.74 Å². The van der Waals surface area contributed by atoms with Gasteiger partial charge in [0.2, 0.25) is 5.91 Å². The molecule has 1 N–H and O–H groups in total. The van der Waals surface area contributed by atoms with Crippen LogP contribution in [0.15, 0.2) is 24.5 Å². The number of ether oxygens (including phenoxy) is 1. The maximum atomic E-state index is 12.1. The molecule has 1 aromatic rings. The molecule has 2 aliphatic carbocycles. The molecule has 0 spiro atoms. The number of esters is 1. The zero-order valence-electron chi connectivity index (χ0n) is 11.5. The minimum atomic E-state index is -0.610. The second kappa shape index (κ2) is 4.89. The van der Waals surface area contributed by atoms with E-state index in [9.17, 15) is 9.59 Å². The Morgan fingerprint density at radius 1 is 1.45 bits per heavy atom. The summed E-state index contributed by atoms with van der Waals surface area (Å²) in [5, 5.41) is 2.86. The SMILES string of the molecule is CCOC(=O)C(Cc1ccncc1)NC(=O)C12CC1C2. The summed E-state index contributed by atoms with van der Waals surface area (Å²) in [4.78, 5) is 28.1. The van der Waals surface area contributed by atoms with Crippen LogP contribution in [0.25, 0.3) is 0 Å². The molecule has 20 heavy (non-hydrogen) atoms. The first-order valence-electron chi connectivity index (χ1n) is 7.02. The predicted molar refractivity (Wildman–Crippen MR) is 71.7 cm³/mol. The van der Waals surface area contributed by atoms with Crippen LogP contribution in [0.5, 0.6) is 0 Å². The number of pyridine rings is 1. The van der Waals surface area contributed by atoms with Crippen molar-refractivity contribution < 1.29 is 14.3 Å². The highest BCUT2D eigenvalue weighted by Gasteiger charge is 2.74. The number of carbonyl (C=O) groups is 2. The molecule has 3 rings (SSSR count). The van der Waals surface area contributed by atoms with Gasteiger partial charge in [-0.25, -0.2) is 4.79 Å². The molecule has 5 nitrogen and oxygen atoms in total. The summed E-state index contributed by atoms with van der Waals surface area (Å²) in [6, 6.07) is 3.07. The average Bonchev–Trinajstić information content (AvgIpc) is 3.28. The molecule has 5 heteroatoms. The molecule has 0 aliphatic heterocycles. The Morgan fingerprint density at radius 3 is 2.65 bits per heavy atom. The van der Waals surface area contributed by atoms with E-state index in [1.807, 2.05) is 12.1 Å². The first-order valence-corrected chi connectivity index (χ1v) is 7.02. The van der Waals surface area contributed by atoms with E-state index in [-0.39, 0.29) is 17.3 Å². The number of aromatic nitrogens is 1. The van der Waals surface area contributed by atoms with Gasteiger partial charge in [0.05, 0.1) is 12.0 Å². The largest absolute Gasteiger partial charge is 0.464 e. The predicted octanol–water partition coefficient (Wildman–Crippen LogP) is 1.08. The number of hydrogen-bond donors (Lipinski definition) is 1. The Balaban J connectivity index is 1.66. The van der Waals surface area contributed by atoms with E-state index in [0.717, 1.165) is 18.4 Å². The highest BCUT2D eigenvalue weighted by Crippen LogP contribution is 2.75. The van der Waals surface area contributed by atoms with E-state index in [1.54, 1.807) is 19.3 Å². The fourth-order valence-electron chi connectivity index (χ4n) is 2.57. The van der Waals surface area contributed by atoms with Crippen LogP contribution in [0.4, 0.5) is 0 Å². The van der Waals surface area contributed by atoms with Crippen LogP contribution in [0.3, 0.4) is 0 Å². The summed E-state index contributed by atoms with van der Waals surface area (Å²) in [6.45, 7) is 2.08. The summed E-state index contributed by atoms with van der Waals surface area (Å²) < 4.78 is 5.05. The monoisotopic (exact) mass is 274 g/mol. The van der Waals surface area contributed by atoms with E-state index < -0.39 is 6.04 Å². The van der Waals surface area contributed by atoms with Gasteiger partial charge in [0.25, 0.3) is 0 Å². The Morgan fingerprint density at radius 2 is 2.10 bits per heavy atom. The van der Waals surface area contributed by atoms with E-state index >= 15 is 0 Å². The van der Waals surface area contributed by atoms with Crippen LogP contribution < -0.4 is 5.32 Å². The topological polar surface area (TPSA) is 68.3 Å². The summed E-state index contributed by atoms with van der Waals surface area (Å²) in [5.41, 5.74) is 0.821. The van der Waals surface area contributed by atoms with Gasteiger partial charge >= 0.3 is 5.97 Å². The van der Waals surface area contributed by atoms with Gasteiger partial charge in [-0.3, -0.25) is 9.78 Å². The van der Waals surface area contributed by atoms with Crippen molar-refractivity contribution in [2.75, 3.05) is 6.61 Å². The summed E-state index contributed by atoms with van der Waals surface area (Å²) in [6.07, 6.45) is 5.74. The lowest BCUT2D eigenvalue weighted by atomic mass is 10.1. The molecule has 0 aromatic carbocycles. The lowest BCUT2D eigenvalue weighted by molar-refractivity contribution is -0.147. The van der Waals surface area contributed by atoms with E-state index in [0.29, 0.717) is 18.9 Å². The summed E-state index contributed by atoms with van der Waals surface area (Å²) >= 11 is 0. The lowest BCUT2D eigenvalue weighted by Gasteiger charge is -2.18. The van der Waals surface area contributed by atoms with Gasteiger partial charge in [0, 0.05) is 18.8 Å². The third-order valence-corrected chi connectivity index (χ3v) is 4.20. The van der Waals surface area contributed by atoms with Crippen molar-refractivity contribution in [1.29, 1.82) is 0 Å². The minimum absolute atomic E-state index is 0.00890. The van der Waals surface area contributed by atoms with Gasteiger partial charge in [0.1, 0.15) is 6.04 Å². The fraction of sp³-hybridized carbons (Fsp3) is 0.533. The summed E-state index contributed by atoms with van der Waals surface area (Å²) in [5.74, 6) is 0.202. The van der Waals surface area contributed by atoms with Crippen LogP contribution in [0.2, 0.25) is 0 Å². The van der Waals surface area contributed by atoms with Crippen LogP contribution in [-0.2, 0) is 20.7 Å². The molecule has 0 saturated heterocycles. The fourth-order valence-corrected chi connectivity index (χ4v) is 2.57. The van der Waals surface area contributed by atoms with E-state index in [1.165, 1.54) is 0 Å². The van der Waals surface area contributed by atoms with Crippen molar-refractivity contribution in [3.63, 3.8) is 0 Å². The van der Waals surface area contributed by atoms with Crippen molar-refractivity contribution in [3.8, 4) is 0 Å². The first-order chi connectivity index (χ1) is 9.65. The Labute approximate surface area is 117 Å². The average molecular weight is 274 g/mol. The van der Waals surface area contributed by atoms with Gasteiger partial charge in [0.15, 0.2) is 0 Å². The highest BCUT2D eigenvalue weighted by atomic mass is 16.5. The number of carbonyl (C=O) groups excluding carboxylic acids is 2. The molecular formula is C15H18N2O3. The standard InChI is InChI=1S/C15H18N2O3/c1-2-20-13(18)12(7-10-3-5-16-6-4-10)17-14(19)15-8-11(15)9-15/h3-6,11-12H,2,7-9H2,1H3,(H,17,19). The second-order valence-corrected chi connectivity index (χ2v) is 5.60. The normalized spacial score (nSPS) is 27.1. The number of nitrogens with zero attached hydrogens (tertiary/aromatic N) is 1. The van der Waals surface area contributed by atoms with Crippen molar-refractivity contribution in [2.24, 2.45) is 11.3 Å². The second-order valence-electron chi connectivity index (χ2n) is 5.60. The number of hydrogen-bond acceptors (Lipinski definition) is 4. The molecule has 106 valence electrons. The van der Waals surface area contributed by atoms with Crippen LogP contribution in [0.1, 0.15) is 25.3 Å². The minimum Gasteiger partial charge on any atom is -0.464 e. The quantitative estimate of drug-likeness (QED) is 0.788. The molecule has 1 unspecified atom stereocenters. The molecule has 1 amide bonds. The number of nitrogens with one attached hydrogen (secondary N) is 1. The number of rotatable bonds is 6. The molecule has 1 aromatic heterocycles. The van der Waals surface area contributed by atoms with Gasteiger partial charge in [-0.1, -0.05) is 0 Å². The maximum absolute atomic E-state index is 12.1. The molecule has 1 heterocycles. The number of fused-ring (bicyclic) bond motifs is 1. The lowest BCUT2D eigenvalue weighted by Crippen LogP contribution is -2.45. The van der Waals surface area contributed by atoms with Crippen LogP contribution >= 0.6 is 0 Å². The molecular weight excluding hydrogens is 256 g/mol. The van der Waals surface area contributed by atoms with Gasteiger partial charge < -0.3 is 10.1 Å². The zero-order valence-corrected chi connectivity index (χ0v) is 11.5. The Hall–Kier alpha value is -1.91. The molecule has 0 radical (unpaired) electrons. The molecule has 2 saturated carbocycles. The smallest absolute Gasteiger partial charge is 0.328 e. The van der Waals surface area contributed by atoms with Crippen molar-refractivity contribution in [3.05, 3.63) is 30.1 Å². The Bertz CT molecular complexity index is 523. The van der Waals surface area contributed by atoms with Crippen LogP contribution in [0, 0.1) is 11.3 Å². The van der Waals surface area contributed by atoms with Crippen molar-refractivity contribution in [2.45, 2.75) is 32.2 Å². The van der Waals surface area contributed by atoms with Crippen LogP contribution in [-0.4, -0.2) is 29.5 Å². The van der Waals surface area contributed by atoms with Gasteiger partial charge in [-0.05, 0) is 43.4 Å². The van der Waals surface area contributed by atoms with Gasteiger partial charge in [-0.15, -0.1) is 0 Å². The molecule has 0 bridgehead atoms. The molecule has 2 fully saturated rings. The third kappa shape index (κ3) is 2.40. The molecule has 1 atom stereocenters. The van der Waals surface area contributed by atoms with Gasteiger partial charge in [-0.2, -0.15) is 0 Å². The Kier molecular flexibility index (Phi) is 3.20.